The Hall–Kier alpha value is -3.66. The maximum Gasteiger partial charge on any atom is 0.219 e. The molecule has 0 fully saturated rings. The lowest BCUT2D eigenvalue weighted by Crippen LogP contribution is -2.27. The van der Waals surface area contributed by atoms with E-state index >= 15 is 0 Å². The molecule has 0 radical (unpaired) electrons. The van der Waals surface area contributed by atoms with Gasteiger partial charge in [-0.1, -0.05) is 74.9 Å². The summed E-state index contributed by atoms with van der Waals surface area (Å²) < 4.78 is 2.35. The lowest BCUT2D eigenvalue weighted by atomic mass is 9.81. The molecule has 4 nitrogen and oxygen atoms in total. The lowest BCUT2D eigenvalue weighted by molar-refractivity contribution is -0.401. The Morgan fingerprint density at radius 3 is 2.40 bits per heavy atom. The Kier molecular flexibility index (Phi) is 8.73. The van der Waals surface area contributed by atoms with Crippen LogP contribution in [-0.4, -0.2) is 36.8 Å². The molecule has 2 aromatic carbocycles. The van der Waals surface area contributed by atoms with Crippen molar-refractivity contribution in [2.24, 2.45) is 0 Å². The maximum absolute atomic E-state index is 11.6. The molecule has 0 bridgehead atoms. The zero-order valence-electron chi connectivity index (χ0n) is 26.5. The fraction of sp³-hybridized carbons (Fsp3) is 0.421. The van der Waals surface area contributed by atoms with Crippen molar-refractivity contribution in [3.63, 3.8) is 0 Å². The Morgan fingerprint density at radius 1 is 0.905 bits per heavy atom. The fourth-order valence-corrected chi connectivity index (χ4v) is 7.05. The van der Waals surface area contributed by atoms with Crippen molar-refractivity contribution in [3.05, 3.63) is 107 Å². The molecule has 2 heterocycles. The van der Waals surface area contributed by atoms with E-state index in [0.29, 0.717) is 6.42 Å². The number of amides is 1. The number of hydrogen-bond donors (Lipinski definition) is 1. The van der Waals surface area contributed by atoms with E-state index in [1.54, 1.807) is 7.05 Å². The highest BCUT2D eigenvalue weighted by Gasteiger charge is 2.42. The normalized spacial score (nSPS) is 20.8. The molecule has 1 aliphatic carbocycles. The first kappa shape index (κ1) is 29.8. The molecule has 0 atom stereocenters. The van der Waals surface area contributed by atoms with E-state index in [9.17, 15) is 4.79 Å². The van der Waals surface area contributed by atoms with Gasteiger partial charge in [0.2, 0.25) is 11.6 Å². The van der Waals surface area contributed by atoms with E-state index in [0.717, 1.165) is 38.6 Å². The first-order chi connectivity index (χ1) is 20.1. The van der Waals surface area contributed by atoms with Gasteiger partial charge in [-0.05, 0) is 74.8 Å². The second-order valence-corrected chi connectivity index (χ2v) is 13.1. The predicted octanol–water partition coefficient (Wildman–Crippen LogP) is 8.27. The summed E-state index contributed by atoms with van der Waals surface area (Å²) in [4.78, 5) is 14.2. The number of hydrogen-bond acceptors (Lipinski definition) is 2. The molecule has 4 heteroatoms. The van der Waals surface area contributed by atoms with Crippen molar-refractivity contribution in [1.29, 1.82) is 0 Å². The van der Waals surface area contributed by atoms with Crippen LogP contribution in [0, 0.1) is 0 Å². The Morgan fingerprint density at radius 2 is 1.64 bits per heavy atom. The van der Waals surface area contributed by atoms with Gasteiger partial charge in [-0.25, -0.2) is 0 Å². The summed E-state index contributed by atoms with van der Waals surface area (Å²) in [5.74, 6) is 0.132. The number of unbranched alkanes of at least 4 members (excludes halogenated alkanes) is 2. The van der Waals surface area contributed by atoms with Crippen molar-refractivity contribution >= 4 is 23.0 Å². The van der Waals surface area contributed by atoms with E-state index < -0.39 is 0 Å². The quantitative estimate of drug-likeness (QED) is 0.247. The molecule has 0 saturated carbocycles. The number of nitrogens with one attached hydrogen (secondary N) is 1. The van der Waals surface area contributed by atoms with Crippen LogP contribution in [0.15, 0.2) is 95.8 Å². The standard InChI is InChI=1S/C38H47N3O/c1-37(2)30-17-9-11-19-32(30)40(6)34(37)24-22-28-15-14-16-29(27-28)23-25-35-38(3,4)31-18-10-12-20-33(31)41(35)26-13-7-8-21-36(42)39-5/h9-12,17-20,22-25,27H,7-8,13-16,21,26H2,1-6H3/p+1. The van der Waals surface area contributed by atoms with Crippen molar-refractivity contribution in [3.8, 4) is 0 Å². The van der Waals surface area contributed by atoms with Gasteiger partial charge in [-0.2, -0.15) is 4.58 Å². The minimum absolute atomic E-state index is 0.00486. The van der Waals surface area contributed by atoms with Crippen LogP contribution < -0.4 is 10.2 Å². The van der Waals surface area contributed by atoms with E-state index in [4.69, 9.17) is 0 Å². The van der Waals surface area contributed by atoms with Crippen molar-refractivity contribution in [1.82, 2.24) is 5.32 Å². The zero-order chi connectivity index (χ0) is 29.9. The molecular weight excluding hydrogens is 514 g/mol. The SMILES string of the molecule is CNC(=O)CCCCCN1/C(=C/C=C2C=C(/C=C/C3=[N+](C)c4ccccc4C3(C)C)CCC/2)C(C)(C)c2ccccc21. The molecule has 1 amide bonds. The lowest BCUT2D eigenvalue weighted by Gasteiger charge is -2.27. The number of carbonyl (C=O) groups is 1. The summed E-state index contributed by atoms with van der Waals surface area (Å²) in [5.41, 5.74) is 10.9. The van der Waals surface area contributed by atoms with Crippen LogP contribution in [0.3, 0.4) is 0 Å². The molecular formula is C38H48N3O+. The molecule has 0 spiro atoms. The van der Waals surface area contributed by atoms with Gasteiger partial charge in [0.05, 0.1) is 5.41 Å². The highest BCUT2D eigenvalue weighted by atomic mass is 16.1. The van der Waals surface area contributed by atoms with Gasteiger partial charge in [0.15, 0.2) is 5.71 Å². The number of allylic oxidation sites excluding steroid dienone is 8. The van der Waals surface area contributed by atoms with Crippen LogP contribution in [0.2, 0.25) is 0 Å². The summed E-state index contributed by atoms with van der Waals surface area (Å²) in [7, 11) is 3.90. The van der Waals surface area contributed by atoms with Crippen molar-refractivity contribution < 1.29 is 9.37 Å². The molecule has 220 valence electrons. The predicted molar refractivity (Wildman–Crippen MR) is 177 cm³/mol. The molecule has 3 aliphatic rings. The molecule has 42 heavy (non-hydrogen) atoms. The van der Waals surface area contributed by atoms with Crippen molar-refractivity contribution in [2.45, 2.75) is 83.5 Å². The van der Waals surface area contributed by atoms with Crippen LogP contribution in [0.4, 0.5) is 11.4 Å². The molecule has 0 aromatic heterocycles. The second-order valence-electron chi connectivity index (χ2n) is 13.1. The van der Waals surface area contributed by atoms with Crippen LogP contribution in [0.1, 0.15) is 83.8 Å². The summed E-state index contributed by atoms with van der Waals surface area (Å²) in [6, 6.07) is 17.6. The average Bonchev–Trinajstić information content (AvgIpc) is 3.32. The number of rotatable bonds is 9. The minimum atomic E-state index is -0.0544. The fourth-order valence-electron chi connectivity index (χ4n) is 7.05. The number of para-hydroxylation sites is 2. The molecule has 2 aliphatic heterocycles. The number of anilines is 1. The topological polar surface area (TPSA) is 35.4 Å². The first-order valence-corrected chi connectivity index (χ1v) is 15.7. The highest BCUT2D eigenvalue weighted by Crippen LogP contribution is 2.48. The zero-order valence-corrected chi connectivity index (χ0v) is 26.5. The van der Waals surface area contributed by atoms with Gasteiger partial charge in [-0.15, -0.1) is 0 Å². The largest absolute Gasteiger partial charge is 0.359 e. The van der Waals surface area contributed by atoms with Gasteiger partial charge >= 0.3 is 0 Å². The Bertz CT molecular complexity index is 1500. The number of nitrogens with zero attached hydrogens (tertiary/aromatic N) is 2. The second kappa shape index (κ2) is 12.3. The van der Waals surface area contributed by atoms with Gasteiger partial charge in [-0.3, -0.25) is 4.79 Å². The third-order valence-electron chi connectivity index (χ3n) is 9.52. The third kappa shape index (κ3) is 5.82. The first-order valence-electron chi connectivity index (χ1n) is 15.7. The molecule has 2 aromatic rings. The van der Waals surface area contributed by atoms with Crippen LogP contribution >= 0.6 is 0 Å². The van der Waals surface area contributed by atoms with Crippen LogP contribution in [0.25, 0.3) is 0 Å². The summed E-state index contributed by atoms with van der Waals surface area (Å²) in [6.07, 6.45) is 18.9. The monoisotopic (exact) mass is 562 g/mol. The molecule has 0 unspecified atom stereocenters. The Balaban J connectivity index is 1.36. The molecule has 5 rings (SSSR count). The van der Waals surface area contributed by atoms with E-state index in [-0.39, 0.29) is 16.7 Å². The highest BCUT2D eigenvalue weighted by molar-refractivity contribution is 6.03. The molecule has 1 N–H and O–H groups in total. The van der Waals surface area contributed by atoms with Gasteiger partial charge in [0.25, 0.3) is 0 Å². The maximum atomic E-state index is 11.6. The average molecular weight is 563 g/mol. The van der Waals surface area contributed by atoms with E-state index in [1.807, 2.05) is 0 Å². The van der Waals surface area contributed by atoms with E-state index in [1.165, 1.54) is 51.5 Å². The summed E-state index contributed by atoms with van der Waals surface area (Å²) in [6.45, 7) is 10.3. The third-order valence-corrected chi connectivity index (χ3v) is 9.52. The van der Waals surface area contributed by atoms with Crippen LogP contribution in [0.5, 0.6) is 0 Å². The van der Waals surface area contributed by atoms with E-state index in [2.05, 4.69) is 128 Å². The summed E-state index contributed by atoms with van der Waals surface area (Å²) >= 11 is 0. The number of carbonyl (C=O) groups excluding carboxylic acids is 1. The number of benzene rings is 2. The van der Waals surface area contributed by atoms with Gasteiger partial charge in [0, 0.05) is 54.5 Å². The smallest absolute Gasteiger partial charge is 0.219 e. The minimum Gasteiger partial charge on any atom is -0.359 e. The molecule has 0 saturated heterocycles. The van der Waals surface area contributed by atoms with Gasteiger partial charge in [0.1, 0.15) is 7.05 Å². The van der Waals surface area contributed by atoms with Crippen molar-refractivity contribution in [2.75, 3.05) is 25.5 Å². The Labute approximate surface area is 253 Å². The summed E-state index contributed by atoms with van der Waals surface area (Å²) in [5, 5.41) is 2.73. The van der Waals surface area contributed by atoms with Crippen LogP contribution in [-0.2, 0) is 15.6 Å². The van der Waals surface area contributed by atoms with Gasteiger partial charge < -0.3 is 10.2 Å². The number of fused-ring (bicyclic) bond motifs is 2.